The summed E-state index contributed by atoms with van der Waals surface area (Å²) in [5.74, 6) is 1.81. The average Bonchev–Trinajstić information content (AvgIpc) is 3.39. The fraction of sp³-hybridized carbons (Fsp3) is 0.348. The minimum absolute atomic E-state index is 0.139. The zero-order valence-electron chi connectivity index (χ0n) is 30.0. The molecule has 1 atom stereocenters. The second-order valence-electron chi connectivity index (χ2n) is 16.5. The molecule has 50 heavy (non-hydrogen) atoms. The van der Waals surface area contributed by atoms with Crippen molar-refractivity contribution in [3.05, 3.63) is 125 Å². The number of methoxy groups -OCH3 is 1. The molecule has 5 aromatic rings. The minimum Gasteiger partial charge on any atom is -0.497 e. The molecular weight excluding hydrogens is 615 g/mol. The summed E-state index contributed by atoms with van der Waals surface area (Å²) in [6.45, 7) is 13.3. The van der Waals surface area contributed by atoms with Crippen LogP contribution < -0.4 is 14.4 Å². The van der Waals surface area contributed by atoms with E-state index >= 15 is 0 Å². The number of fused-ring (bicyclic) bond motifs is 10. The maximum atomic E-state index is 7.46. The van der Waals surface area contributed by atoms with E-state index in [9.17, 15) is 0 Å². The fourth-order valence-electron chi connectivity index (χ4n) is 10.6. The number of anilines is 1. The molecule has 254 valence electrons. The molecule has 4 heteroatoms. The van der Waals surface area contributed by atoms with Gasteiger partial charge >= 0.3 is 0 Å². The summed E-state index contributed by atoms with van der Waals surface area (Å²) in [6, 6.07) is 35.7. The molecule has 9 rings (SSSR count). The van der Waals surface area contributed by atoms with Crippen molar-refractivity contribution in [2.24, 2.45) is 10.8 Å². The van der Waals surface area contributed by atoms with Crippen LogP contribution in [0.25, 0.3) is 33.5 Å². The Morgan fingerprint density at radius 3 is 2.16 bits per heavy atom. The van der Waals surface area contributed by atoms with E-state index in [0.717, 1.165) is 61.6 Å². The van der Waals surface area contributed by atoms with E-state index in [0.29, 0.717) is 0 Å². The van der Waals surface area contributed by atoms with E-state index in [1.807, 2.05) is 0 Å². The molecule has 2 aliphatic heterocycles. The van der Waals surface area contributed by atoms with Crippen molar-refractivity contribution in [3.8, 4) is 22.6 Å². The molecule has 2 heterocycles. The SMILES string of the molecule is COc1ccc2c3c(c4c(c2c1)OC(c1ccccc1)C(c1ccc(N2CCOCC2)cc1)=C4)C1(CC(C)(C)CC(C)(C)C1)c1ccccc1-3. The number of hydrogen-bond acceptors (Lipinski definition) is 4. The lowest BCUT2D eigenvalue weighted by molar-refractivity contribution is 0.0643. The summed E-state index contributed by atoms with van der Waals surface area (Å²) in [5, 5.41) is 2.35. The van der Waals surface area contributed by atoms with Gasteiger partial charge in [0, 0.05) is 40.7 Å². The first-order valence-corrected chi connectivity index (χ1v) is 18.3. The largest absolute Gasteiger partial charge is 0.497 e. The van der Waals surface area contributed by atoms with Gasteiger partial charge in [0.25, 0.3) is 0 Å². The Morgan fingerprint density at radius 1 is 0.740 bits per heavy atom. The fourth-order valence-corrected chi connectivity index (χ4v) is 10.6. The van der Waals surface area contributed by atoms with Gasteiger partial charge in [0.15, 0.2) is 0 Å². The van der Waals surface area contributed by atoms with Crippen LogP contribution in [0.2, 0.25) is 0 Å². The van der Waals surface area contributed by atoms with E-state index in [2.05, 4.69) is 136 Å². The minimum atomic E-state index is -0.260. The Morgan fingerprint density at radius 2 is 1.44 bits per heavy atom. The third kappa shape index (κ3) is 4.98. The zero-order chi connectivity index (χ0) is 34.3. The summed E-state index contributed by atoms with van der Waals surface area (Å²) in [5.41, 5.74) is 11.8. The Balaban J connectivity index is 1.34. The predicted molar refractivity (Wildman–Crippen MR) is 205 cm³/mol. The lowest BCUT2D eigenvalue weighted by Gasteiger charge is -2.52. The molecule has 0 bridgehead atoms. The number of hydrogen-bond donors (Lipinski definition) is 0. The number of rotatable bonds is 4. The van der Waals surface area contributed by atoms with Gasteiger partial charge in [-0.3, -0.25) is 0 Å². The molecule has 0 N–H and O–H groups in total. The van der Waals surface area contributed by atoms with Gasteiger partial charge in [0.05, 0.1) is 20.3 Å². The number of nitrogens with zero attached hydrogens (tertiary/aromatic N) is 1. The summed E-state index contributed by atoms with van der Waals surface area (Å²) < 4.78 is 18.9. The van der Waals surface area contributed by atoms with Crippen LogP contribution in [0.5, 0.6) is 11.5 Å². The molecule has 2 fully saturated rings. The maximum absolute atomic E-state index is 7.46. The molecule has 1 saturated carbocycles. The number of morpholine rings is 1. The number of ether oxygens (including phenoxy) is 3. The van der Waals surface area contributed by atoms with Gasteiger partial charge < -0.3 is 19.1 Å². The lowest BCUT2D eigenvalue weighted by Crippen LogP contribution is -2.44. The van der Waals surface area contributed by atoms with Crippen LogP contribution in [0.4, 0.5) is 5.69 Å². The summed E-state index contributed by atoms with van der Waals surface area (Å²) in [4.78, 5) is 2.42. The second kappa shape index (κ2) is 11.5. The van der Waals surface area contributed by atoms with Crippen LogP contribution in [0.1, 0.15) is 80.9 Å². The van der Waals surface area contributed by atoms with Gasteiger partial charge in [-0.25, -0.2) is 0 Å². The van der Waals surface area contributed by atoms with Crippen molar-refractivity contribution in [2.45, 2.75) is 58.5 Å². The van der Waals surface area contributed by atoms with Gasteiger partial charge in [-0.2, -0.15) is 0 Å². The van der Waals surface area contributed by atoms with Gasteiger partial charge in [0.1, 0.15) is 17.6 Å². The van der Waals surface area contributed by atoms with E-state index in [1.165, 1.54) is 56.4 Å². The van der Waals surface area contributed by atoms with Crippen LogP contribution in [0.3, 0.4) is 0 Å². The van der Waals surface area contributed by atoms with Gasteiger partial charge in [-0.1, -0.05) is 94.4 Å². The second-order valence-corrected chi connectivity index (χ2v) is 16.5. The highest BCUT2D eigenvalue weighted by molar-refractivity contribution is 6.10. The zero-order valence-corrected chi connectivity index (χ0v) is 30.0. The van der Waals surface area contributed by atoms with Crippen molar-refractivity contribution in [2.75, 3.05) is 38.3 Å². The summed E-state index contributed by atoms with van der Waals surface area (Å²) in [6.07, 6.45) is 5.64. The normalized spacial score (nSPS) is 21.2. The van der Waals surface area contributed by atoms with E-state index in [-0.39, 0.29) is 22.3 Å². The van der Waals surface area contributed by atoms with E-state index < -0.39 is 0 Å². The van der Waals surface area contributed by atoms with Gasteiger partial charge in [-0.05, 0) is 105 Å². The standard InChI is InChI=1S/C46H47NO3/c1-44(2)27-45(3,4)29-46(28-44)39-14-10-9-13-35(39)40-34-20-19-33(48-5)25-37(34)43-38(41(40)46)26-36(42(50-43)31-11-7-6-8-12-31)30-15-17-32(18-16-30)47-21-23-49-24-22-47/h6-20,25-26,42H,21-24,27-29H2,1-5H3. The predicted octanol–water partition coefficient (Wildman–Crippen LogP) is 10.9. The van der Waals surface area contributed by atoms with Crippen LogP contribution in [-0.4, -0.2) is 33.4 Å². The first kappa shape index (κ1) is 31.4. The average molecular weight is 662 g/mol. The van der Waals surface area contributed by atoms with Gasteiger partial charge in [-0.15, -0.1) is 0 Å². The summed E-state index contributed by atoms with van der Waals surface area (Å²) in [7, 11) is 1.75. The molecule has 2 aliphatic carbocycles. The molecule has 4 nitrogen and oxygen atoms in total. The van der Waals surface area contributed by atoms with Crippen molar-refractivity contribution in [3.63, 3.8) is 0 Å². The Bertz CT molecular complexity index is 2120. The molecule has 1 unspecified atom stereocenters. The van der Waals surface area contributed by atoms with Crippen LogP contribution in [0.15, 0.2) is 97.1 Å². The molecule has 0 aromatic heterocycles. The first-order valence-electron chi connectivity index (χ1n) is 18.3. The Labute approximate surface area is 296 Å². The molecule has 4 aliphatic rings. The third-order valence-corrected chi connectivity index (χ3v) is 11.7. The quantitative estimate of drug-likeness (QED) is 0.192. The molecular formula is C46H47NO3. The van der Waals surface area contributed by atoms with Crippen molar-refractivity contribution < 1.29 is 14.2 Å². The van der Waals surface area contributed by atoms with Crippen molar-refractivity contribution >= 4 is 28.1 Å². The molecule has 1 saturated heterocycles. The topological polar surface area (TPSA) is 30.9 Å². The highest BCUT2D eigenvalue weighted by atomic mass is 16.5. The maximum Gasteiger partial charge on any atom is 0.150 e. The molecule has 0 amide bonds. The highest BCUT2D eigenvalue weighted by Crippen LogP contribution is 2.67. The lowest BCUT2D eigenvalue weighted by atomic mass is 9.52. The Kier molecular flexibility index (Phi) is 7.23. The molecule has 1 spiro atoms. The third-order valence-electron chi connectivity index (χ3n) is 11.7. The summed E-state index contributed by atoms with van der Waals surface area (Å²) >= 11 is 0. The smallest absolute Gasteiger partial charge is 0.150 e. The van der Waals surface area contributed by atoms with E-state index in [1.54, 1.807) is 7.11 Å². The Hall–Kier alpha value is -4.54. The van der Waals surface area contributed by atoms with Crippen molar-refractivity contribution in [1.82, 2.24) is 0 Å². The van der Waals surface area contributed by atoms with Crippen LogP contribution in [-0.2, 0) is 10.2 Å². The van der Waals surface area contributed by atoms with Gasteiger partial charge in [0.2, 0.25) is 0 Å². The van der Waals surface area contributed by atoms with Crippen LogP contribution >= 0.6 is 0 Å². The molecule has 5 aromatic carbocycles. The highest BCUT2D eigenvalue weighted by Gasteiger charge is 2.55. The molecule has 0 radical (unpaired) electrons. The number of benzene rings is 5. The monoisotopic (exact) mass is 661 g/mol. The van der Waals surface area contributed by atoms with E-state index in [4.69, 9.17) is 14.2 Å². The van der Waals surface area contributed by atoms with Crippen molar-refractivity contribution in [1.29, 1.82) is 0 Å². The van der Waals surface area contributed by atoms with Crippen LogP contribution in [0, 0.1) is 10.8 Å². The first-order chi connectivity index (χ1) is 24.2.